The number of rotatable bonds is 16. The molecule has 4 rings (SSSR count). The summed E-state index contributed by atoms with van der Waals surface area (Å²) < 4.78 is 39.8. The van der Waals surface area contributed by atoms with Crippen LogP contribution in [0.2, 0.25) is 51.4 Å². The van der Waals surface area contributed by atoms with Crippen LogP contribution in [0.3, 0.4) is 0 Å². The van der Waals surface area contributed by atoms with Gasteiger partial charge in [0.15, 0.2) is 11.8 Å². The Balaban J connectivity index is 1.54. The summed E-state index contributed by atoms with van der Waals surface area (Å²) in [6.07, 6.45) is 5.67. The van der Waals surface area contributed by atoms with Gasteiger partial charge in [-0.05, 0) is 79.3 Å². The minimum Gasteiger partial charge on any atom is -0.512 e. The fourth-order valence-corrected chi connectivity index (χ4v) is 7.58. The number of likely N-dealkylation sites (tertiary alicyclic amines) is 2. The van der Waals surface area contributed by atoms with Crippen LogP contribution in [0.25, 0.3) is 0 Å². The second kappa shape index (κ2) is 17.6. The van der Waals surface area contributed by atoms with Crippen molar-refractivity contribution >= 4 is 36.0 Å². The number of hydrogen-bond donors (Lipinski definition) is 0. The quantitative estimate of drug-likeness (QED) is 0.123. The molecule has 0 spiro atoms. The van der Waals surface area contributed by atoms with Crippen LogP contribution in [-0.4, -0.2) is 102 Å². The molecule has 1 radical (unpaired) electrons. The van der Waals surface area contributed by atoms with E-state index in [1.54, 1.807) is 22.2 Å². The highest BCUT2D eigenvalue weighted by atomic mass is 28.3. The second-order valence-electron chi connectivity index (χ2n) is 18.5. The minimum atomic E-state index is -1.32. The van der Waals surface area contributed by atoms with E-state index in [2.05, 4.69) is 39.3 Å². The van der Waals surface area contributed by atoms with Crippen LogP contribution < -0.4 is 9.31 Å². The molecule has 0 aliphatic carbocycles. The molecule has 0 saturated carbocycles. The SMILES string of the molecule is CC(C)(C)OC(=O)N1CCC[C@H]1c1ncc(O[B]Oc2cnc([C@@H]3CCCN3C(=O)OC(C)(C)C)n2COCC[Si](C)(C)C)n1COCC[Si](C)(C)C. The van der Waals surface area contributed by atoms with Crippen LogP contribution in [0.5, 0.6) is 11.8 Å². The van der Waals surface area contributed by atoms with E-state index in [1.165, 1.54) is 7.69 Å². The Morgan fingerprint density at radius 1 is 0.698 bits per heavy atom. The van der Waals surface area contributed by atoms with E-state index >= 15 is 0 Å². The molecule has 0 N–H and O–H groups in total. The van der Waals surface area contributed by atoms with E-state index in [0.717, 1.165) is 37.8 Å². The predicted molar refractivity (Wildman–Crippen MR) is 210 cm³/mol. The molecule has 0 unspecified atom stereocenters. The lowest BCUT2D eigenvalue weighted by molar-refractivity contribution is 0.0194. The molecule has 53 heavy (non-hydrogen) atoms. The Hall–Kier alpha value is -3.02. The van der Waals surface area contributed by atoms with Crippen molar-refractivity contribution in [2.45, 2.75) is 155 Å². The Labute approximate surface area is 319 Å². The predicted octanol–water partition coefficient (Wildman–Crippen LogP) is 7.84. The average Bonchev–Trinajstić information content (AvgIpc) is 3.81. The van der Waals surface area contributed by atoms with Crippen LogP contribution in [0, 0.1) is 0 Å². The van der Waals surface area contributed by atoms with Gasteiger partial charge in [-0.2, -0.15) is 0 Å². The third-order valence-electron chi connectivity index (χ3n) is 8.83. The van der Waals surface area contributed by atoms with Crippen molar-refractivity contribution in [1.29, 1.82) is 0 Å². The largest absolute Gasteiger partial charge is 0.660 e. The fourth-order valence-electron chi connectivity index (χ4n) is 6.07. The van der Waals surface area contributed by atoms with E-state index < -0.39 is 27.3 Å². The summed E-state index contributed by atoms with van der Waals surface area (Å²) in [4.78, 5) is 39.3. The molecule has 2 amide bonds. The highest BCUT2D eigenvalue weighted by molar-refractivity contribution is 6.76. The first-order valence-electron chi connectivity index (χ1n) is 19.0. The van der Waals surface area contributed by atoms with Crippen molar-refractivity contribution < 1.29 is 37.8 Å². The van der Waals surface area contributed by atoms with Gasteiger partial charge in [0, 0.05) is 42.5 Å². The molecule has 14 nitrogen and oxygen atoms in total. The molecular formula is C36H64BN6O8Si2. The molecule has 0 aromatic carbocycles. The molecule has 0 bridgehead atoms. The van der Waals surface area contributed by atoms with Crippen molar-refractivity contribution in [3.05, 3.63) is 24.0 Å². The summed E-state index contributed by atoms with van der Waals surface area (Å²) in [5, 5.41) is 0. The first kappa shape index (κ1) is 42.7. The smallest absolute Gasteiger partial charge is 0.512 e. The Kier molecular flexibility index (Phi) is 14.2. The number of carbonyl (C=O) groups is 2. The van der Waals surface area contributed by atoms with Crippen molar-refractivity contribution in [1.82, 2.24) is 28.9 Å². The minimum absolute atomic E-state index is 0.205. The van der Waals surface area contributed by atoms with Crippen LogP contribution in [-0.2, 0) is 32.4 Å². The van der Waals surface area contributed by atoms with Gasteiger partial charge in [0.2, 0.25) is 0 Å². The summed E-state index contributed by atoms with van der Waals surface area (Å²) in [5.41, 5.74) is -1.23. The number of nitrogens with zero attached hydrogens (tertiary/aromatic N) is 6. The number of aromatic nitrogens is 4. The number of carbonyl (C=O) groups excluding carboxylic acids is 2. The van der Waals surface area contributed by atoms with Crippen molar-refractivity contribution in [3.63, 3.8) is 0 Å². The van der Waals surface area contributed by atoms with E-state index in [4.69, 9.17) is 38.2 Å². The third-order valence-corrected chi connectivity index (χ3v) is 12.2. The van der Waals surface area contributed by atoms with E-state index in [-0.39, 0.29) is 37.7 Å². The summed E-state index contributed by atoms with van der Waals surface area (Å²) in [7, 11) is -1.39. The summed E-state index contributed by atoms with van der Waals surface area (Å²) in [6.45, 7) is 27.8. The van der Waals surface area contributed by atoms with Gasteiger partial charge in [-0.25, -0.2) is 19.6 Å². The highest BCUT2D eigenvalue weighted by Crippen LogP contribution is 2.36. The van der Waals surface area contributed by atoms with Crippen molar-refractivity contribution in [2.75, 3.05) is 26.3 Å². The molecule has 2 aliphatic rings. The summed E-state index contributed by atoms with van der Waals surface area (Å²) >= 11 is 0. The summed E-state index contributed by atoms with van der Waals surface area (Å²) in [6, 6.07) is 1.43. The van der Waals surface area contributed by atoms with Gasteiger partial charge >= 0.3 is 19.9 Å². The molecule has 2 fully saturated rings. The summed E-state index contributed by atoms with van der Waals surface area (Å²) in [5.74, 6) is 2.15. The first-order valence-corrected chi connectivity index (χ1v) is 26.4. The molecular weight excluding hydrogens is 711 g/mol. The van der Waals surface area contributed by atoms with E-state index in [9.17, 15) is 9.59 Å². The molecule has 297 valence electrons. The maximum absolute atomic E-state index is 13.2. The maximum Gasteiger partial charge on any atom is 0.660 e. The van der Waals surface area contributed by atoms with Gasteiger partial charge in [0.25, 0.3) is 0 Å². The number of ether oxygens (including phenoxy) is 4. The number of imidazole rings is 2. The zero-order valence-corrected chi connectivity index (χ0v) is 36.3. The van der Waals surface area contributed by atoms with Gasteiger partial charge in [0.1, 0.15) is 36.3 Å². The van der Waals surface area contributed by atoms with Gasteiger partial charge < -0.3 is 28.3 Å². The lowest BCUT2D eigenvalue weighted by Crippen LogP contribution is -2.37. The first-order chi connectivity index (χ1) is 24.6. The van der Waals surface area contributed by atoms with Crippen LogP contribution >= 0.6 is 0 Å². The van der Waals surface area contributed by atoms with Crippen LogP contribution in [0.15, 0.2) is 12.4 Å². The molecule has 2 saturated heterocycles. The Morgan fingerprint density at radius 3 is 1.42 bits per heavy atom. The average molecular weight is 776 g/mol. The lowest BCUT2D eigenvalue weighted by Gasteiger charge is -2.29. The monoisotopic (exact) mass is 775 g/mol. The Bertz CT molecular complexity index is 1400. The zero-order valence-electron chi connectivity index (χ0n) is 34.3. The molecule has 2 atom stereocenters. The standard InChI is InChI=1S/C36H64BN6O8Si2/c1-35(2,3)48-33(44)40-17-13-15-27(40)31-38-23-29(42(31)25-46-19-21-52(7,8)9)50-37-51-30-24-39-32(43(30)26-47-20-22-53(10,11)12)28-16-14-18-41(28)34(45)49-36(4,5)6/h23-24,27-28H,13-22,25-26H2,1-12H3/t27-,28-/m0/s1. The lowest BCUT2D eigenvalue weighted by atomic mass is 10.2. The third kappa shape index (κ3) is 13.1. The molecule has 2 aromatic rings. The van der Waals surface area contributed by atoms with Gasteiger partial charge in [0.05, 0.1) is 24.5 Å². The van der Waals surface area contributed by atoms with E-state index in [1.807, 2.05) is 50.7 Å². The topological polar surface area (TPSA) is 132 Å². The van der Waals surface area contributed by atoms with E-state index in [0.29, 0.717) is 49.7 Å². The second-order valence-corrected chi connectivity index (χ2v) is 29.7. The number of hydrogen-bond acceptors (Lipinski definition) is 10. The molecule has 4 heterocycles. The van der Waals surface area contributed by atoms with Crippen LogP contribution in [0.1, 0.15) is 91.0 Å². The van der Waals surface area contributed by atoms with Crippen molar-refractivity contribution in [2.24, 2.45) is 0 Å². The van der Waals surface area contributed by atoms with Crippen molar-refractivity contribution in [3.8, 4) is 11.8 Å². The fraction of sp³-hybridized carbons (Fsp3) is 0.778. The highest BCUT2D eigenvalue weighted by Gasteiger charge is 2.38. The molecule has 17 heteroatoms. The van der Waals surface area contributed by atoms with Gasteiger partial charge in [-0.15, -0.1) is 0 Å². The number of amides is 2. The van der Waals surface area contributed by atoms with Gasteiger partial charge in [-0.1, -0.05) is 39.3 Å². The Morgan fingerprint density at radius 2 is 1.08 bits per heavy atom. The molecule has 2 aliphatic heterocycles. The molecule has 2 aromatic heterocycles. The van der Waals surface area contributed by atoms with Gasteiger partial charge in [-0.3, -0.25) is 18.9 Å². The van der Waals surface area contributed by atoms with Crippen LogP contribution in [0.4, 0.5) is 9.59 Å². The zero-order chi connectivity index (χ0) is 39.2. The maximum atomic E-state index is 13.2. The normalized spacial score (nSPS) is 18.4.